The second kappa shape index (κ2) is 4.06. The maximum atomic E-state index is 10.7. The molecule has 0 saturated carbocycles. The topological polar surface area (TPSA) is 57.8 Å². The fourth-order valence-corrected chi connectivity index (χ4v) is 0.987. The zero-order chi connectivity index (χ0) is 6.69. The molecule has 3 nitrogen and oxygen atoms in total. The van der Waals surface area contributed by atoms with Crippen molar-refractivity contribution in [3.05, 3.63) is 11.6 Å². The monoisotopic (exact) mass is 144 g/mol. The number of ether oxygens (including phenoxy) is 1. The van der Waals surface area contributed by atoms with Gasteiger partial charge >= 0.3 is 5.97 Å². The molecule has 0 atom stereocenters. The lowest BCUT2D eigenvalue weighted by molar-refractivity contribution is -0.136. The van der Waals surface area contributed by atoms with Crippen molar-refractivity contribution in [1.29, 1.82) is 0 Å². The Labute approximate surface area is 60.0 Å². The Morgan fingerprint density at radius 2 is 2.40 bits per heavy atom. The predicted molar refractivity (Wildman–Crippen MR) is 37.6 cm³/mol. The fraction of sp³-hybridized carbons (Fsp3) is 0.571. The van der Waals surface area contributed by atoms with Gasteiger partial charge in [0.2, 0.25) is 0 Å². The Bertz CT molecular complexity index is 149. The van der Waals surface area contributed by atoms with Gasteiger partial charge < -0.3 is 10.2 Å². The summed E-state index contributed by atoms with van der Waals surface area (Å²) in [7, 11) is 1.42. The van der Waals surface area contributed by atoms with Gasteiger partial charge in [0.15, 0.2) is 0 Å². The Kier molecular flexibility index (Phi) is 3.72. The van der Waals surface area contributed by atoms with E-state index >= 15 is 0 Å². The fourth-order valence-electron chi connectivity index (χ4n) is 0.987. The van der Waals surface area contributed by atoms with Crippen LogP contribution in [0.2, 0.25) is 0 Å². The van der Waals surface area contributed by atoms with Crippen LogP contribution in [0, 0.1) is 0 Å². The number of carbonyl (C=O) groups excluding carboxylic acids is 1. The molecule has 0 amide bonds. The average Bonchev–Trinajstić information content (AvgIpc) is 2.37. The van der Waals surface area contributed by atoms with Crippen molar-refractivity contribution in [1.82, 2.24) is 0 Å². The maximum absolute atomic E-state index is 10.7. The van der Waals surface area contributed by atoms with Crippen molar-refractivity contribution in [2.75, 3.05) is 7.11 Å². The van der Waals surface area contributed by atoms with E-state index in [2.05, 4.69) is 4.74 Å². The SMILES string of the molecule is COC(=O)C1=CCCC1.O. The molecular formula is C7H12O3. The molecule has 1 rings (SSSR count). The lowest BCUT2D eigenvalue weighted by atomic mass is 10.2. The summed E-state index contributed by atoms with van der Waals surface area (Å²) in [6.45, 7) is 0. The van der Waals surface area contributed by atoms with E-state index in [1.165, 1.54) is 7.11 Å². The Balaban J connectivity index is 0.000000810. The third-order valence-corrected chi connectivity index (χ3v) is 1.49. The highest BCUT2D eigenvalue weighted by atomic mass is 16.5. The van der Waals surface area contributed by atoms with Gasteiger partial charge in [-0.2, -0.15) is 0 Å². The molecule has 0 unspecified atom stereocenters. The number of hydrogen-bond acceptors (Lipinski definition) is 2. The van der Waals surface area contributed by atoms with E-state index < -0.39 is 0 Å². The van der Waals surface area contributed by atoms with Crippen molar-refractivity contribution >= 4 is 5.97 Å². The summed E-state index contributed by atoms with van der Waals surface area (Å²) in [5.74, 6) is -0.160. The number of methoxy groups -OCH3 is 1. The predicted octanol–water partition coefficient (Wildman–Crippen LogP) is 0.445. The molecule has 0 bridgehead atoms. The van der Waals surface area contributed by atoms with Crippen molar-refractivity contribution < 1.29 is 15.0 Å². The third-order valence-electron chi connectivity index (χ3n) is 1.49. The molecular weight excluding hydrogens is 132 g/mol. The second-order valence-corrected chi connectivity index (χ2v) is 2.11. The number of carbonyl (C=O) groups is 1. The van der Waals surface area contributed by atoms with Crippen LogP contribution in [0.15, 0.2) is 11.6 Å². The minimum atomic E-state index is -0.160. The summed E-state index contributed by atoms with van der Waals surface area (Å²) in [6.07, 6.45) is 4.98. The van der Waals surface area contributed by atoms with Crippen molar-refractivity contribution in [2.24, 2.45) is 0 Å². The zero-order valence-electron chi connectivity index (χ0n) is 6.02. The van der Waals surface area contributed by atoms with Crippen LogP contribution in [0.3, 0.4) is 0 Å². The summed E-state index contributed by atoms with van der Waals surface area (Å²) in [6, 6.07) is 0. The number of allylic oxidation sites excluding steroid dienone is 1. The molecule has 0 radical (unpaired) electrons. The van der Waals surface area contributed by atoms with Crippen molar-refractivity contribution in [2.45, 2.75) is 19.3 Å². The first-order valence-corrected chi connectivity index (χ1v) is 3.12. The molecule has 0 fully saturated rings. The van der Waals surface area contributed by atoms with Crippen LogP contribution in [0.1, 0.15) is 19.3 Å². The quantitative estimate of drug-likeness (QED) is 0.501. The minimum Gasteiger partial charge on any atom is -0.466 e. The average molecular weight is 144 g/mol. The molecule has 0 spiro atoms. The van der Waals surface area contributed by atoms with Gasteiger partial charge in [0, 0.05) is 5.57 Å². The van der Waals surface area contributed by atoms with Gasteiger partial charge in [-0.1, -0.05) is 6.08 Å². The lowest BCUT2D eigenvalue weighted by Crippen LogP contribution is -2.01. The zero-order valence-corrected chi connectivity index (χ0v) is 6.02. The van der Waals surface area contributed by atoms with E-state index in [0.717, 1.165) is 24.8 Å². The van der Waals surface area contributed by atoms with Gasteiger partial charge in [0.1, 0.15) is 0 Å². The van der Waals surface area contributed by atoms with E-state index in [0.29, 0.717) is 0 Å². The molecule has 0 aliphatic heterocycles. The van der Waals surface area contributed by atoms with Crippen molar-refractivity contribution in [3.8, 4) is 0 Å². The van der Waals surface area contributed by atoms with E-state index in [1.54, 1.807) is 0 Å². The van der Waals surface area contributed by atoms with Crippen LogP contribution < -0.4 is 0 Å². The molecule has 0 aromatic rings. The first-order valence-electron chi connectivity index (χ1n) is 3.12. The summed E-state index contributed by atoms with van der Waals surface area (Å²) < 4.78 is 4.53. The van der Waals surface area contributed by atoms with E-state index in [-0.39, 0.29) is 11.4 Å². The number of hydrogen-bond donors (Lipinski definition) is 0. The second-order valence-electron chi connectivity index (χ2n) is 2.11. The standard InChI is InChI=1S/C7H10O2.H2O/c1-9-7(8)6-4-2-3-5-6;/h4H,2-3,5H2,1H3;1H2. The number of rotatable bonds is 1. The van der Waals surface area contributed by atoms with Crippen LogP contribution >= 0.6 is 0 Å². The highest BCUT2D eigenvalue weighted by molar-refractivity contribution is 5.88. The molecule has 0 aromatic heterocycles. The maximum Gasteiger partial charge on any atom is 0.333 e. The lowest BCUT2D eigenvalue weighted by Gasteiger charge is -1.95. The molecule has 1 aliphatic rings. The highest BCUT2D eigenvalue weighted by Gasteiger charge is 2.12. The first kappa shape index (κ1) is 9.17. The Morgan fingerprint density at radius 1 is 1.70 bits per heavy atom. The van der Waals surface area contributed by atoms with Crippen LogP contribution in [0.5, 0.6) is 0 Å². The van der Waals surface area contributed by atoms with Crippen molar-refractivity contribution in [3.63, 3.8) is 0 Å². The van der Waals surface area contributed by atoms with Crippen LogP contribution in [0.4, 0.5) is 0 Å². The first-order chi connectivity index (χ1) is 4.34. The molecule has 0 aromatic carbocycles. The van der Waals surface area contributed by atoms with Gasteiger partial charge in [0.05, 0.1) is 7.11 Å². The van der Waals surface area contributed by atoms with E-state index in [1.807, 2.05) is 6.08 Å². The molecule has 2 N–H and O–H groups in total. The van der Waals surface area contributed by atoms with E-state index in [4.69, 9.17) is 0 Å². The normalized spacial score (nSPS) is 15.5. The van der Waals surface area contributed by atoms with Gasteiger partial charge in [-0.25, -0.2) is 4.79 Å². The van der Waals surface area contributed by atoms with Gasteiger partial charge in [-0.05, 0) is 19.3 Å². The van der Waals surface area contributed by atoms with Gasteiger partial charge in [-0.15, -0.1) is 0 Å². The number of esters is 1. The highest BCUT2D eigenvalue weighted by Crippen LogP contribution is 2.17. The van der Waals surface area contributed by atoms with Gasteiger partial charge in [0.25, 0.3) is 0 Å². The van der Waals surface area contributed by atoms with Crippen LogP contribution in [-0.4, -0.2) is 18.6 Å². The van der Waals surface area contributed by atoms with E-state index in [9.17, 15) is 4.79 Å². The molecule has 1 aliphatic carbocycles. The summed E-state index contributed by atoms with van der Waals surface area (Å²) in [4.78, 5) is 10.7. The summed E-state index contributed by atoms with van der Waals surface area (Å²) in [5.41, 5.74) is 0.845. The minimum absolute atomic E-state index is 0. The summed E-state index contributed by atoms with van der Waals surface area (Å²) in [5, 5.41) is 0. The smallest absolute Gasteiger partial charge is 0.333 e. The molecule has 58 valence electrons. The Morgan fingerprint density at radius 3 is 2.80 bits per heavy atom. The molecule has 3 heteroatoms. The summed E-state index contributed by atoms with van der Waals surface area (Å²) >= 11 is 0. The molecule has 0 saturated heterocycles. The largest absolute Gasteiger partial charge is 0.466 e. The van der Waals surface area contributed by atoms with Gasteiger partial charge in [-0.3, -0.25) is 0 Å². The van der Waals surface area contributed by atoms with Crippen LogP contribution in [-0.2, 0) is 9.53 Å². The molecule has 10 heavy (non-hydrogen) atoms. The molecule has 0 heterocycles. The van der Waals surface area contributed by atoms with Crippen LogP contribution in [0.25, 0.3) is 0 Å². The third kappa shape index (κ3) is 1.84. The Hall–Kier alpha value is -0.830.